The van der Waals surface area contributed by atoms with Gasteiger partial charge in [-0.05, 0) is 30.7 Å². The van der Waals surface area contributed by atoms with Crippen LogP contribution in [0, 0.1) is 6.92 Å². The van der Waals surface area contributed by atoms with Crippen LogP contribution < -0.4 is 16.0 Å². The second-order valence-corrected chi connectivity index (χ2v) is 7.37. The molecular formula is C21H24ClN7O. The van der Waals surface area contributed by atoms with Gasteiger partial charge in [0.2, 0.25) is 0 Å². The second kappa shape index (κ2) is 9.36. The molecule has 3 aromatic heterocycles. The van der Waals surface area contributed by atoms with Gasteiger partial charge in [0.15, 0.2) is 11.5 Å². The van der Waals surface area contributed by atoms with E-state index in [-0.39, 0.29) is 6.61 Å². The molecule has 156 valence electrons. The lowest BCUT2D eigenvalue weighted by Gasteiger charge is -2.13. The monoisotopic (exact) mass is 425 g/mol. The van der Waals surface area contributed by atoms with Gasteiger partial charge < -0.3 is 21.1 Å². The number of imidazole rings is 1. The summed E-state index contributed by atoms with van der Waals surface area (Å²) in [5, 5.41) is 19.3. The van der Waals surface area contributed by atoms with Gasteiger partial charge in [0.05, 0.1) is 29.2 Å². The zero-order valence-electron chi connectivity index (χ0n) is 16.7. The fourth-order valence-electron chi connectivity index (χ4n) is 3.26. The van der Waals surface area contributed by atoms with Gasteiger partial charge in [-0.15, -0.1) is 0 Å². The molecule has 0 bridgehead atoms. The Kier molecular flexibility index (Phi) is 6.39. The third-order valence-electron chi connectivity index (χ3n) is 4.79. The molecule has 3 heterocycles. The number of anilines is 2. The van der Waals surface area contributed by atoms with E-state index in [1.807, 2.05) is 41.7 Å². The number of nitrogens with zero attached hydrogens (tertiary/aromatic N) is 4. The normalized spacial score (nSPS) is 11.4. The van der Waals surface area contributed by atoms with Crippen molar-refractivity contribution in [1.82, 2.24) is 30.0 Å². The zero-order chi connectivity index (χ0) is 20.9. The van der Waals surface area contributed by atoms with Crippen molar-refractivity contribution in [2.24, 2.45) is 0 Å². The van der Waals surface area contributed by atoms with Crippen molar-refractivity contribution < 1.29 is 5.11 Å². The summed E-state index contributed by atoms with van der Waals surface area (Å²) in [5.74, 6) is 0.679. The zero-order valence-corrected chi connectivity index (χ0v) is 17.4. The van der Waals surface area contributed by atoms with E-state index >= 15 is 0 Å². The molecule has 4 N–H and O–H groups in total. The van der Waals surface area contributed by atoms with E-state index in [9.17, 15) is 0 Å². The largest absolute Gasteiger partial charge is 0.395 e. The number of halogens is 1. The minimum absolute atomic E-state index is 0.146. The molecule has 9 heteroatoms. The maximum atomic E-state index is 8.78. The van der Waals surface area contributed by atoms with E-state index in [0.29, 0.717) is 23.9 Å². The van der Waals surface area contributed by atoms with Crippen molar-refractivity contribution in [2.45, 2.75) is 13.5 Å². The van der Waals surface area contributed by atoms with Crippen molar-refractivity contribution in [3.8, 4) is 0 Å². The van der Waals surface area contributed by atoms with Gasteiger partial charge in [-0.2, -0.15) is 0 Å². The van der Waals surface area contributed by atoms with Crippen LogP contribution in [-0.4, -0.2) is 50.7 Å². The van der Waals surface area contributed by atoms with Crippen LogP contribution >= 0.6 is 11.6 Å². The quantitative estimate of drug-likeness (QED) is 0.306. The predicted octanol–water partition coefficient (Wildman–Crippen LogP) is 2.65. The number of fused-ring (bicyclic) bond motifs is 3. The summed E-state index contributed by atoms with van der Waals surface area (Å²) in [7, 11) is 0. The summed E-state index contributed by atoms with van der Waals surface area (Å²) in [6.45, 7) is 4.97. The molecule has 0 amide bonds. The molecule has 0 unspecified atom stereocenters. The highest BCUT2D eigenvalue weighted by Gasteiger charge is 2.13. The molecule has 4 rings (SSSR count). The van der Waals surface area contributed by atoms with E-state index in [0.717, 1.165) is 46.7 Å². The summed E-state index contributed by atoms with van der Waals surface area (Å²) >= 11 is 6.38. The number of nitrogens with one attached hydrogen (secondary N) is 3. The number of aliphatic hydroxyl groups excluding tert-OH is 1. The summed E-state index contributed by atoms with van der Waals surface area (Å²) < 4.78 is 1.93. The van der Waals surface area contributed by atoms with Gasteiger partial charge >= 0.3 is 0 Å². The van der Waals surface area contributed by atoms with Crippen molar-refractivity contribution in [3.63, 3.8) is 0 Å². The third-order valence-corrected chi connectivity index (χ3v) is 5.11. The molecule has 0 spiro atoms. The average molecular weight is 426 g/mol. The number of pyridine rings is 1. The van der Waals surface area contributed by atoms with Gasteiger partial charge in [0.1, 0.15) is 17.4 Å². The van der Waals surface area contributed by atoms with E-state index < -0.39 is 0 Å². The van der Waals surface area contributed by atoms with Crippen LogP contribution in [0.25, 0.3) is 16.7 Å². The maximum absolute atomic E-state index is 8.78. The Morgan fingerprint density at radius 2 is 1.93 bits per heavy atom. The molecule has 0 aliphatic carbocycles. The van der Waals surface area contributed by atoms with Gasteiger partial charge in [-0.25, -0.2) is 15.0 Å². The standard InChI is InChI=1S/C21H24ClN7O/c1-14-3-2-4-16(22)19(14)28-20-18-12-25-13-29(18)21-17(27-20)6-5-15(26-21)11-24-8-7-23-9-10-30/h2-6,12-13,23-24,30H,7-11H2,1H3,(H,27,28). The molecule has 0 aliphatic rings. The van der Waals surface area contributed by atoms with Gasteiger partial charge in [0.25, 0.3) is 0 Å². The molecule has 0 aliphatic heterocycles. The summed E-state index contributed by atoms with van der Waals surface area (Å²) in [4.78, 5) is 13.9. The number of rotatable bonds is 9. The first-order chi connectivity index (χ1) is 14.7. The van der Waals surface area contributed by atoms with Gasteiger partial charge in [-0.1, -0.05) is 23.7 Å². The highest BCUT2D eigenvalue weighted by atomic mass is 35.5. The number of hydrogen-bond acceptors (Lipinski definition) is 7. The lowest BCUT2D eigenvalue weighted by Crippen LogP contribution is -2.29. The second-order valence-electron chi connectivity index (χ2n) is 6.96. The minimum atomic E-state index is 0.146. The Morgan fingerprint density at radius 1 is 1.07 bits per heavy atom. The number of aliphatic hydroxyl groups is 1. The number of hydrogen-bond donors (Lipinski definition) is 4. The maximum Gasteiger partial charge on any atom is 0.164 e. The minimum Gasteiger partial charge on any atom is -0.395 e. The molecule has 8 nitrogen and oxygen atoms in total. The summed E-state index contributed by atoms with van der Waals surface area (Å²) in [6.07, 6.45) is 3.51. The van der Waals surface area contributed by atoms with Crippen molar-refractivity contribution in [1.29, 1.82) is 0 Å². The molecule has 30 heavy (non-hydrogen) atoms. The van der Waals surface area contributed by atoms with Crippen LogP contribution in [-0.2, 0) is 6.54 Å². The van der Waals surface area contributed by atoms with Crippen LogP contribution in [0.15, 0.2) is 42.9 Å². The smallest absolute Gasteiger partial charge is 0.164 e. The molecular weight excluding hydrogens is 402 g/mol. The van der Waals surface area contributed by atoms with Crippen LogP contribution in [0.3, 0.4) is 0 Å². The lowest BCUT2D eigenvalue weighted by molar-refractivity contribution is 0.292. The average Bonchev–Trinajstić information content (AvgIpc) is 3.24. The molecule has 0 saturated carbocycles. The number of benzene rings is 1. The fourth-order valence-corrected chi connectivity index (χ4v) is 3.53. The SMILES string of the molecule is Cc1cccc(Cl)c1Nc1nc2ccc(CNCCNCCO)nc2n2cncc12. The molecule has 0 saturated heterocycles. The number of aryl methyl sites for hydroxylation is 1. The summed E-state index contributed by atoms with van der Waals surface area (Å²) in [6, 6.07) is 9.71. The Bertz CT molecular complexity index is 1140. The third kappa shape index (κ3) is 4.36. The van der Waals surface area contributed by atoms with Gasteiger partial charge in [-0.3, -0.25) is 4.40 Å². The Hall–Kier alpha value is -2.78. The number of aromatic nitrogens is 4. The first-order valence-corrected chi connectivity index (χ1v) is 10.2. The van der Waals surface area contributed by atoms with Crippen molar-refractivity contribution in [2.75, 3.05) is 31.6 Å². The van der Waals surface area contributed by atoms with E-state index in [2.05, 4.69) is 20.9 Å². The van der Waals surface area contributed by atoms with Crippen LogP contribution in [0.1, 0.15) is 11.3 Å². The molecule has 0 radical (unpaired) electrons. The van der Waals surface area contributed by atoms with Crippen molar-refractivity contribution in [3.05, 3.63) is 59.1 Å². The van der Waals surface area contributed by atoms with Crippen molar-refractivity contribution >= 4 is 39.8 Å². The highest BCUT2D eigenvalue weighted by molar-refractivity contribution is 6.33. The Labute approximate surface area is 179 Å². The Morgan fingerprint density at radius 3 is 2.77 bits per heavy atom. The van der Waals surface area contributed by atoms with E-state index in [1.165, 1.54) is 0 Å². The van der Waals surface area contributed by atoms with E-state index in [1.54, 1.807) is 12.5 Å². The molecule has 1 aromatic carbocycles. The molecule has 0 fully saturated rings. The summed E-state index contributed by atoms with van der Waals surface area (Å²) in [5.41, 5.74) is 5.13. The predicted molar refractivity (Wildman–Crippen MR) is 119 cm³/mol. The van der Waals surface area contributed by atoms with Gasteiger partial charge in [0, 0.05) is 26.2 Å². The first-order valence-electron chi connectivity index (χ1n) is 9.83. The van der Waals surface area contributed by atoms with Crippen LogP contribution in [0.5, 0.6) is 0 Å². The fraction of sp³-hybridized carbons (Fsp3) is 0.286. The molecule has 4 aromatic rings. The molecule has 0 atom stereocenters. The van der Waals surface area contributed by atoms with E-state index in [4.69, 9.17) is 26.7 Å². The van der Waals surface area contributed by atoms with Crippen LogP contribution in [0.4, 0.5) is 11.5 Å². The topological polar surface area (TPSA) is 99.4 Å². The highest BCUT2D eigenvalue weighted by Crippen LogP contribution is 2.30. The van der Waals surface area contributed by atoms with Crippen LogP contribution in [0.2, 0.25) is 5.02 Å². The number of para-hydroxylation sites is 1. The Balaban J connectivity index is 1.60. The first kappa shape index (κ1) is 20.5. The lowest BCUT2D eigenvalue weighted by atomic mass is 10.2.